The number of hydrogen-bond acceptors (Lipinski definition) is 2. The van der Waals surface area contributed by atoms with Crippen LogP contribution in [0.4, 0.5) is 5.69 Å². The molecule has 0 aliphatic carbocycles. The highest BCUT2D eigenvalue weighted by molar-refractivity contribution is 8.00. The van der Waals surface area contributed by atoms with Gasteiger partial charge in [0.25, 0.3) is 0 Å². The molecule has 0 saturated heterocycles. The summed E-state index contributed by atoms with van der Waals surface area (Å²) in [5, 5.41) is 0.572. The molecule has 2 heteroatoms. The van der Waals surface area contributed by atoms with Gasteiger partial charge in [-0.05, 0) is 38.3 Å². The van der Waals surface area contributed by atoms with Crippen LogP contribution in [-0.2, 0) is 0 Å². The van der Waals surface area contributed by atoms with Crippen LogP contribution < -0.4 is 4.90 Å². The van der Waals surface area contributed by atoms with Gasteiger partial charge in [0, 0.05) is 10.4 Å². The molecule has 1 unspecified atom stereocenters. The molecule has 2 rings (SSSR count). The van der Waals surface area contributed by atoms with Crippen molar-refractivity contribution in [3.05, 3.63) is 24.3 Å². The summed E-state index contributed by atoms with van der Waals surface area (Å²) in [7, 11) is 0. The first-order valence-corrected chi connectivity index (χ1v) is 7.40. The molecule has 0 bridgehead atoms. The Bertz CT molecular complexity index is 398. The number of anilines is 1. The van der Waals surface area contributed by atoms with Gasteiger partial charge < -0.3 is 4.90 Å². The van der Waals surface area contributed by atoms with Crippen LogP contribution in [-0.4, -0.2) is 10.9 Å². The van der Waals surface area contributed by atoms with E-state index in [-0.39, 0.29) is 5.54 Å². The summed E-state index contributed by atoms with van der Waals surface area (Å²) in [5.74, 6) is 0.665. The molecule has 0 fully saturated rings. The Morgan fingerprint density at radius 1 is 1.29 bits per heavy atom. The topological polar surface area (TPSA) is 3.24 Å². The largest absolute Gasteiger partial charge is 0.353 e. The van der Waals surface area contributed by atoms with Crippen molar-refractivity contribution >= 4 is 17.4 Å². The van der Waals surface area contributed by atoms with Crippen LogP contribution in [0.5, 0.6) is 0 Å². The van der Waals surface area contributed by atoms with E-state index in [2.05, 4.69) is 63.8 Å². The van der Waals surface area contributed by atoms with Crippen LogP contribution in [0.1, 0.15) is 41.0 Å². The van der Waals surface area contributed by atoms with E-state index in [9.17, 15) is 0 Å². The predicted molar refractivity (Wildman–Crippen MR) is 77.8 cm³/mol. The maximum absolute atomic E-state index is 2.62. The fourth-order valence-corrected chi connectivity index (χ4v) is 3.83. The van der Waals surface area contributed by atoms with Crippen molar-refractivity contribution in [1.29, 1.82) is 0 Å². The van der Waals surface area contributed by atoms with Gasteiger partial charge in [-0.1, -0.05) is 44.7 Å². The van der Waals surface area contributed by atoms with Crippen LogP contribution in [0.15, 0.2) is 29.2 Å². The summed E-state index contributed by atoms with van der Waals surface area (Å²) in [6, 6.07) is 8.82. The minimum absolute atomic E-state index is 0.231. The first kappa shape index (κ1) is 12.8. The van der Waals surface area contributed by atoms with Crippen LogP contribution in [0, 0.1) is 5.92 Å². The summed E-state index contributed by atoms with van der Waals surface area (Å²) in [6.45, 7) is 11.6. The molecule has 0 radical (unpaired) electrons. The van der Waals surface area contributed by atoms with E-state index in [0.29, 0.717) is 11.3 Å². The summed E-state index contributed by atoms with van der Waals surface area (Å²) >= 11 is 2.02. The molecule has 1 aliphatic heterocycles. The first-order chi connectivity index (χ1) is 7.97. The van der Waals surface area contributed by atoms with Crippen LogP contribution in [0.25, 0.3) is 0 Å². The number of hydrogen-bond donors (Lipinski definition) is 0. The first-order valence-electron chi connectivity index (χ1n) is 6.52. The zero-order chi connectivity index (χ0) is 12.6. The lowest BCUT2D eigenvalue weighted by Crippen LogP contribution is -2.48. The molecular weight excluding hydrogens is 226 g/mol. The van der Waals surface area contributed by atoms with E-state index in [1.807, 2.05) is 11.8 Å². The van der Waals surface area contributed by atoms with E-state index >= 15 is 0 Å². The molecule has 1 heterocycles. The van der Waals surface area contributed by atoms with Crippen molar-refractivity contribution in [1.82, 2.24) is 0 Å². The Kier molecular flexibility index (Phi) is 3.44. The fourth-order valence-electron chi connectivity index (χ4n) is 2.35. The van der Waals surface area contributed by atoms with E-state index in [4.69, 9.17) is 0 Å². The highest BCUT2D eigenvalue weighted by Gasteiger charge is 2.39. The molecule has 94 valence electrons. The molecular formula is C15H23NS. The van der Waals surface area contributed by atoms with Crippen molar-refractivity contribution in [2.45, 2.75) is 56.8 Å². The molecule has 1 aromatic carbocycles. The lowest BCUT2D eigenvalue weighted by atomic mass is 9.96. The van der Waals surface area contributed by atoms with Gasteiger partial charge >= 0.3 is 0 Å². The second-order valence-electron chi connectivity index (χ2n) is 5.76. The summed E-state index contributed by atoms with van der Waals surface area (Å²) in [6.07, 6.45) is 1.17. The maximum atomic E-state index is 2.62. The molecule has 0 amide bonds. The third-order valence-corrected chi connectivity index (χ3v) is 5.31. The summed E-state index contributed by atoms with van der Waals surface area (Å²) < 4.78 is 0. The van der Waals surface area contributed by atoms with Gasteiger partial charge in [-0.3, -0.25) is 0 Å². The number of nitrogens with zero attached hydrogens (tertiary/aromatic N) is 1. The highest BCUT2D eigenvalue weighted by atomic mass is 32.2. The molecule has 0 spiro atoms. The maximum Gasteiger partial charge on any atom is 0.0826 e. The van der Waals surface area contributed by atoms with Crippen molar-refractivity contribution in [2.24, 2.45) is 5.92 Å². The molecule has 17 heavy (non-hydrogen) atoms. The highest BCUT2D eigenvalue weighted by Crippen LogP contribution is 2.49. The summed E-state index contributed by atoms with van der Waals surface area (Å²) in [4.78, 5) is 4.06. The molecule has 0 saturated carbocycles. The van der Waals surface area contributed by atoms with Gasteiger partial charge in [-0.2, -0.15) is 0 Å². The van der Waals surface area contributed by atoms with Gasteiger partial charge in [-0.25, -0.2) is 0 Å². The fraction of sp³-hybridized carbons (Fsp3) is 0.600. The van der Waals surface area contributed by atoms with Crippen LogP contribution in [0.2, 0.25) is 0 Å². The normalized spacial score (nSPS) is 19.9. The quantitative estimate of drug-likeness (QED) is 0.759. The Morgan fingerprint density at radius 2 is 1.94 bits per heavy atom. The number of rotatable bonds is 3. The average molecular weight is 249 g/mol. The SMILES string of the molecule is CCC(C)(C)N1c2ccccc2SC1C(C)C. The predicted octanol–water partition coefficient (Wildman–Crippen LogP) is 4.77. The average Bonchev–Trinajstić information content (AvgIpc) is 2.69. The van der Waals surface area contributed by atoms with Crippen molar-refractivity contribution < 1.29 is 0 Å². The third kappa shape index (κ3) is 2.20. The van der Waals surface area contributed by atoms with Gasteiger partial charge in [0.1, 0.15) is 0 Å². The molecule has 1 aliphatic rings. The molecule has 0 aromatic heterocycles. The summed E-state index contributed by atoms with van der Waals surface area (Å²) in [5.41, 5.74) is 1.65. The van der Waals surface area contributed by atoms with Crippen molar-refractivity contribution in [3.8, 4) is 0 Å². The van der Waals surface area contributed by atoms with E-state index < -0.39 is 0 Å². The van der Waals surface area contributed by atoms with E-state index in [1.165, 1.54) is 17.0 Å². The zero-order valence-corrected chi connectivity index (χ0v) is 12.3. The van der Waals surface area contributed by atoms with Crippen LogP contribution in [0.3, 0.4) is 0 Å². The van der Waals surface area contributed by atoms with Crippen molar-refractivity contribution in [3.63, 3.8) is 0 Å². The standard InChI is InChI=1S/C15H23NS/c1-6-15(4,5)16-12-9-7-8-10-13(12)17-14(16)11(2)3/h7-11,14H,6H2,1-5H3. The minimum Gasteiger partial charge on any atom is -0.353 e. The van der Waals surface area contributed by atoms with E-state index in [1.54, 1.807) is 0 Å². The Labute approximate surface area is 110 Å². The third-order valence-electron chi connectivity index (χ3n) is 3.71. The number of thioether (sulfide) groups is 1. The molecule has 1 nitrogen and oxygen atoms in total. The smallest absolute Gasteiger partial charge is 0.0826 e. The number of benzene rings is 1. The molecule has 1 atom stereocenters. The molecule has 0 N–H and O–H groups in total. The van der Waals surface area contributed by atoms with Gasteiger partial charge in [0.05, 0.1) is 11.1 Å². The number of para-hydroxylation sites is 1. The minimum atomic E-state index is 0.231. The Morgan fingerprint density at radius 3 is 2.53 bits per heavy atom. The lowest BCUT2D eigenvalue weighted by molar-refractivity contribution is 0.405. The Hall–Kier alpha value is -0.630. The Balaban J connectivity index is 2.44. The monoisotopic (exact) mass is 249 g/mol. The van der Waals surface area contributed by atoms with Gasteiger partial charge in [0.15, 0.2) is 0 Å². The second kappa shape index (κ2) is 4.56. The van der Waals surface area contributed by atoms with Gasteiger partial charge in [-0.15, -0.1) is 0 Å². The van der Waals surface area contributed by atoms with Crippen LogP contribution >= 0.6 is 11.8 Å². The molecule has 1 aromatic rings. The van der Waals surface area contributed by atoms with E-state index in [0.717, 1.165) is 0 Å². The lowest BCUT2D eigenvalue weighted by Gasteiger charge is -2.42. The van der Waals surface area contributed by atoms with Gasteiger partial charge in [0.2, 0.25) is 0 Å². The zero-order valence-electron chi connectivity index (χ0n) is 11.5. The number of fused-ring (bicyclic) bond motifs is 1. The van der Waals surface area contributed by atoms with Crippen molar-refractivity contribution in [2.75, 3.05) is 4.90 Å². The second-order valence-corrected chi connectivity index (χ2v) is 6.91.